The standard InChI is InChI=1S/C22H28N2O4S/c1-7-15-16(12-10-13-18(15)28-5)20(25)23-24(22(2,3)4)21(26)17-11-8-9-14-19(17)29(6)27/h8-14H,7H2,1-6H3,(H,23,25). The minimum Gasteiger partial charge on any atom is -0.612 e. The number of amides is 2. The van der Waals surface area contributed by atoms with Crippen molar-refractivity contribution in [3.8, 4) is 5.75 Å². The molecule has 0 saturated carbocycles. The van der Waals surface area contributed by atoms with E-state index in [-0.39, 0.29) is 0 Å². The van der Waals surface area contributed by atoms with Crippen molar-refractivity contribution in [1.29, 1.82) is 0 Å². The van der Waals surface area contributed by atoms with Crippen LogP contribution in [0.5, 0.6) is 5.75 Å². The minimum atomic E-state index is -1.34. The summed E-state index contributed by atoms with van der Waals surface area (Å²) in [5.41, 5.74) is 3.56. The maximum atomic E-state index is 13.3. The summed E-state index contributed by atoms with van der Waals surface area (Å²) in [7, 11) is 1.56. The molecule has 2 rings (SSSR count). The van der Waals surface area contributed by atoms with Crippen molar-refractivity contribution in [3.63, 3.8) is 0 Å². The number of ether oxygens (including phenoxy) is 1. The zero-order valence-corrected chi connectivity index (χ0v) is 18.6. The Bertz CT molecular complexity index is 891. The predicted octanol–water partition coefficient (Wildman–Crippen LogP) is 3.58. The van der Waals surface area contributed by atoms with E-state index in [1.807, 2.05) is 27.7 Å². The molecule has 1 unspecified atom stereocenters. The first-order valence-corrected chi connectivity index (χ1v) is 10.9. The highest BCUT2D eigenvalue weighted by molar-refractivity contribution is 7.90. The molecule has 0 fully saturated rings. The Hall–Kier alpha value is -2.51. The van der Waals surface area contributed by atoms with Crippen LogP contribution in [0.3, 0.4) is 0 Å². The summed E-state index contributed by atoms with van der Waals surface area (Å²) in [4.78, 5) is 26.8. The average molecular weight is 417 g/mol. The summed E-state index contributed by atoms with van der Waals surface area (Å²) in [6.45, 7) is 7.41. The van der Waals surface area contributed by atoms with Crippen molar-refractivity contribution < 1.29 is 18.9 Å². The quantitative estimate of drug-likeness (QED) is 0.597. The van der Waals surface area contributed by atoms with Crippen LogP contribution in [0.4, 0.5) is 0 Å². The van der Waals surface area contributed by atoms with Gasteiger partial charge in [0, 0.05) is 11.1 Å². The summed E-state index contributed by atoms with van der Waals surface area (Å²) < 4.78 is 17.4. The van der Waals surface area contributed by atoms with Gasteiger partial charge < -0.3 is 9.29 Å². The second-order valence-corrected chi connectivity index (χ2v) is 8.89. The van der Waals surface area contributed by atoms with Crippen LogP contribution >= 0.6 is 0 Å². The molecule has 2 amide bonds. The Kier molecular flexibility index (Phi) is 7.32. The first-order valence-electron chi connectivity index (χ1n) is 9.35. The largest absolute Gasteiger partial charge is 0.612 e. The Labute approximate surface area is 175 Å². The molecule has 7 heteroatoms. The van der Waals surface area contributed by atoms with Gasteiger partial charge in [-0.25, -0.2) is 5.01 Å². The molecule has 0 heterocycles. The van der Waals surface area contributed by atoms with Crippen LogP contribution in [0.25, 0.3) is 0 Å². The van der Waals surface area contributed by atoms with Gasteiger partial charge in [0.25, 0.3) is 11.8 Å². The monoisotopic (exact) mass is 416 g/mol. The molecule has 0 aliphatic heterocycles. The van der Waals surface area contributed by atoms with E-state index in [0.717, 1.165) is 5.56 Å². The SMILES string of the molecule is CCc1c(OC)cccc1C(=O)NN(C(=O)c1ccccc1[S+](C)[O-])C(C)(C)C. The number of hydrogen-bond acceptors (Lipinski definition) is 4. The lowest BCUT2D eigenvalue weighted by atomic mass is 10.0. The average Bonchev–Trinajstić information content (AvgIpc) is 2.69. The third kappa shape index (κ3) is 5.10. The second kappa shape index (κ2) is 9.33. The molecule has 1 N–H and O–H groups in total. The molecule has 6 nitrogen and oxygen atoms in total. The number of nitrogens with one attached hydrogen (secondary N) is 1. The fourth-order valence-corrected chi connectivity index (χ4v) is 3.77. The molecule has 156 valence electrons. The Morgan fingerprint density at radius 2 is 1.72 bits per heavy atom. The Morgan fingerprint density at radius 1 is 1.10 bits per heavy atom. The molecule has 0 bridgehead atoms. The van der Waals surface area contributed by atoms with Gasteiger partial charge in [-0.1, -0.05) is 25.1 Å². The van der Waals surface area contributed by atoms with Gasteiger partial charge in [0.2, 0.25) is 0 Å². The van der Waals surface area contributed by atoms with Crippen molar-refractivity contribution in [2.45, 2.75) is 44.6 Å². The van der Waals surface area contributed by atoms with Crippen molar-refractivity contribution >= 4 is 23.0 Å². The molecule has 0 aliphatic carbocycles. The fraction of sp³-hybridized carbons (Fsp3) is 0.364. The van der Waals surface area contributed by atoms with Gasteiger partial charge in [0.15, 0.2) is 4.90 Å². The zero-order valence-electron chi connectivity index (χ0n) is 17.7. The van der Waals surface area contributed by atoms with Gasteiger partial charge in [0.05, 0.1) is 18.2 Å². The van der Waals surface area contributed by atoms with E-state index in [9.17, 15) is 14.1 Å². The van der Waals surface area contributed by atoms with Gasteiger partial charge >= 0.3 is 0 Å². The van der Waals surface area contributed by atoms with Crippen molar-refractivity contribution in [2.75, 3.05) is 13.4 Å². The maximum Gasteiger partial charge on any atom is 0.277 e. The van der Waals surface area contributed by atoms with Crippen LogP contribution in [0, 0.1) is 0 Å². The lowest BCUT2D eigenvalue weighted by Gasteiger charge is -2.36. The van der Waals surface area contributed by atoms with Crippen LogP contribution in [-0.2, 0) is 17.6 Å². The van der Waals surface area contributed by atoms with Crippen molar-refractivity contribution in [2.24, 2.45) is 0 Å². The number of rotatable bonds is 5. The molecule has 29 heavy (non-hydrogen) atoms. The van der Waals surface area contributed by atoms with E-state index in [4.69, 9.17) is 4.74 Å². The summed E-state index contributed by atoms with van der Waals surface area (Å²) in [6.07, 6.45) is 2.13. The van der Waals surface area contributed by atoms with Crippen molar-refractivity contribution in [3.05, 3.63) is 59.2 Å². The first-order chi connectivity index (χ1) is 13.6. The van der Waals surface area contributed by atoms with E-state index >= 15 is 0 Å². The number of carbonyl (C=O) groups excluding carboxylic acids is 2. The number of hydrogen-bond donors (Lipinski definition) is 1. The van der Waals surface area contributed by atoms with E-state index in [0.29, 0.717) is 28.2 Å². The first kappa shape index (κ1) is 22.8. The van der Waals surface area contributed by atoms with Gasteiger partial charge in [-0.2, -0.15) is 0 Å². The van der Waals surface area contributed by atoms with Gasteiger partial charge in [-0.3, -0.25) is 15.0 Å². The number of nitrogens with zero attached hydrogens (tertiary/aromatic N) is 1. The molecule has 1 atom stereocenters. The molecular weight excluding hydrogens is 388 g/mol. The van der Waals surface area contributed by atoms with Gasteiger partial charge in [0.1, 0.15) is 12.0 Å². The number of carbonyl (C=O) groups is 2. The van der Waals surface area contributed by atoms with Crippen LogP contribution in [-0.4, -0.2) is 40.3 Å². The number of methoxy groups -OCH3 is 1. The smallest absolute Gasteiger partial charge is 0.277 e. The number of benzene rings is 2. The van der Waals surface area contributed by atoms with Crippen LogP contribution in [0.2, 0.25) is 0 Å². The lowest BCUT2D eigenvalue weighted by Crippen LogP contribution is -2.56. The molecule has 0 spiro atoms. The predicted molar refractivity (Wildman–Crippen MR) is 115 cm³/mol. The van der Waals surface area contributed by atoms with Crippen molar-refractivity contribution in [1.82, 2.24) is 10.4 Å². The molecule has 0 aromatic heterocycles. The van der Waals surface area contributed by atoms with Crippen LogP contribution in [0.1, 0.15) is 54.0 Å². The van der Waals surface area contributed by atoms with Crippen LogP contribution < -0.4 is 10.2 Å². The summed E-state index contributed by atoms with van der Waals surface area (Å²) in [5.74, 6) is -0.197. The Balaban J connectivity index is 2.44. The topological polar surface area (TPSA) is 81.7 Å². The summed E-state index contributed by atoms with van der Waals surface area (Å²) >= 11 is -1.34. The number of hydrazine groups is 1. The molecular formula is C22H28N2O4S. The third-order valence-electron chi connectivity index (χ3n) is 4.47. The third-order valence-corrected chi connectivity index (χ3v) is 5.44. The summed E-state index contributed by atoms with van der Waals surface area (Å²) in [6, 6.07) is 12.0. The highest BCUT2D eigenvalue weighted by Gasteiger charge is 2.33. The van der Waals surface area contributed by atoms with Gasteiger partial charge in [-0.15, -0.1) is 0 Å². The van der Waals surface area contributed by atoms with E-state index in [1.54, 1.807) is 49.6 Å². The molecule has 2 aromatic carbocycles. The zero-order chi connectivity index (χ0) is 21.8. The van der Waals surface area contributed by atoms with E-state index in [1.165, 1.54) is 11.3 Å². The maximum absolute atomic E-state index is 13.3. The molecule has 0 saturated heterocycles. The second-order valence-electron chi connectivity index (χ2n) is 7.54. The van der Waals surface area contributed by atoms with E-state index in [2.05, 4.69) is 5.43 Å². The lowest BCUT2D eigenvalue weighted by molar-refractivity contribution is 0.0355. The fourth-order valence-electron chi connectivity index (χ4n) is 3.03. The van der Waals surface area contributed by atoms with E-state index < -0.39 is 28.5 Å². The van der Waals surface area contributed by atoms with Gasteiger partial charge in [-0.05, 0) is 62.6 Å². The summed E-state index contributed by atoms with van der Waals surface area (Å²) in [5, 5.41) is 1.29. The highest BCUT2D eigenvalue weighted by Crippen LogP contribution is 2.25. The minimum absolute atomic E-state index is 0.296. The molecule has 0 aliphatic rings. The normalized spacial score (nSPS) is 12.2. The highest BCUT2D eigenvalue weighted by atomic mass is 32.2. The molecule has 0 radical (unpaired) electrons. The molecule has 2 aromatic rings. The van der Waals surface area contributed by atoms with Crippen LogP contribution in [0.15, 0.2) is 47.4 Å². The Morgan fingerprint density at radius 3 is 2.28 bits per heavy atom.